The first kappa shape index (κ1) is 8.02. The maximum atomic E-state index is 10.5. The second-order valence-electron chi connectivity index (χ2n) is 1.43. The van der Waals surface area contributed by atoms with E-state index in [0.717, 1.165) is 12.2 Å². The zero-order chi connectivity index (χ0) is 6.41. The zero-order valence-electron chi connectivity index (χ0n) is 5.14. The fraction of sp³-hybridized carbons (Fsp3) is 0.667. The number of hydrogen-bond donors (Lipinski definition) is 0. The average Bonchev–Trinajstić information content (AvgIpc) is 1.83. The molecule has 0 heterocycles. The van der Waals surface area contributed by atoms with Crippen LogP contribution in [0, 0.1) is 6.92 Å². The Morgan fingerprint density at radius 2 is 2.38 bits per heavy atom. The lowest BCUT2D eigenvalue weighted by atomic mass is 10.6. The predicted octanol–water partition coefficient (Wildman–Crippen LogP) is 1.88. The van der Waals surface area contributed by atoms with Gasteiger partial charge in [-0.1, -0.05) is 25.6 Å². The molecule has 0 N–H and O–H groups in total. The smallest absolute Gasteiger partial charge is 0.188 e. The lowest BCUT2D eigenvalue weighted by molar-refractivity contribution is -0.110. The Morgan fingerprint density at radius 3 is 2.75 bits per heavy atom. The third-order valence-electron chi connectivity index (χ3n) is 0.696. The SMILES string of the molecule is [CH2]CCSC(=O)CC. The van der Waals surface area contributed by atoms with Crippen molar-refractivity contribution in [3.05, 3.63) is 6.92 Å². The van der Waals surface area contributed by atoms with Crippen LogP contribution < -0.4 is 0 Å². The summed E-state index contributed by atoms with van der Waals surface area (Å²) in [4.78, 5) is 10.5. The molecule has 0 aromatic rings. The summed E-state index contributed by atoms with van der Waals surface area (Å²) in [6.07, 6.45) is 1.49. The Kier molecular flexibility index (Phi) is 5.18. The third-order valence-corrected chi connectivity index (χ3v) is 1.80. The van der Waals surface area contributed by atoms with E-state index in [1.54, 1.807) is 0 Å². The number of carbonyl (C=O) groups is 1. The standard InChI is InChI=1S/C6H11OS/c1-3-5-8-6(7)4-2/h1,3-5H2,2H3. The molecule has 0 aliphatic rings. The van der Waals surface area contributed by atoms with Gasteiger partial charge in [-0.25, -0.2) is 0 Å². The van der Waals surface area contributed by atoms with Crippen LogP contribution >= 0.6 is 11.8 Å². The molecule has 1 radical (unpaired) electrons. The van der Waals surface area contributed by atoms with Gasteiger partial charge in [-0.3, -0.25) is 4.79 Å². The first-order chi connectivity index (χ1) is 3.81. The summed E-state index contributed by atoms with van der Waals surface area (Å²) in [5, 5.41) is 0.272. The molecule has 0 fully saturated rings. The van der Waals surface area contributed by atoms with Gasteiger partial charge in [0.05, 0.1) is 0 Å². The first-order valence-electron chi connectivity index (χ1n) is 2.76. The summed E-state index contributed by atoms with van der Waals surface area (Å²) in [6, 6.07) is 0. The van der Waals surface area contributed by atoms with Crippen molar-refractivity contribution in [2.45, 2.75) is 19.8 Å². The highest BCUT2D eigenvalue weighted by atomic mass is 32.2. The van der Waals surface area contributed by atoms with Crippen molar-refractivity contribution in [1.82, 2.24) is 0 Å². The molecule has 0 saturated carbocycles. The van der Waals surface area contributed by atoms with Crippen molar-refractivity contribution >= 4 is 16.9 Å². The van der Waals surface area contributed by atoms with E-state index in [0.29, 0.717) is 6.42 Å². The van der Waals surface area contributed by atoms with Gasteiger partial charge in [-0.15, -0.1) is 0 Å². The predicted molar refractivity (Wildman–Crippen MR) is 37.7 cm³/mol. The second kappa shape index (κ2) is 5.16. The van der Waals surface area contributed by atoms with Crippen LogP contribution in [0.1, 0.15) is 19.8 Å². The van der Waals surface area contributed by atoms with E-state index in [-0.39, 0.29) is 5.12 Å². The van der Waals surface area contributed by atoms with E-state index in [2.05, 4.69) is 6.92 Å². The van der Waals surface area contributed by atoms with Gasteiger partial charge in [-0.05, 0) is 6.42 Å². The van der Waals surface area contributed by atoms with E-state index in [1.165, 1.54) is 11.8 Å². The normalized spacial score (nSPS) is 9.25. The highest BCUT2D eigenvalue weighted by molar-refractivity contribution is 8.13. The van der Waals surface area contributed by atoms with Crippen molar-refractivity contribution in [2.75, 3.05) is 5.75 Å². The van der Waals surface area contributed by atoms with E-state index in [1.807, 2.05) is 6.92 Å². The van der Waals surface area contributed by atoms with E-state index in [9.17, 15) is 4.79 Å². The molecule has 1 nitrogen and oxygen atoms in total. The molecule has 0 aromatic heterocycles. The molecule has 0 atom stereocenters. The number of carbonyl (C=O) groups excluding carboxylic acids is 1. The Hall–Kier alpha value is 0.0200. The Labute approximate surface area is 54.8 Å². The van der Waals surface area contributed by atoms with Crippen LogP contribution in [-0.2, 0) is 4.79 Å². The summed E-state index contributed by atoms with van der Waals surface area (Å²) < 4.78 is 0. The highest BCUT2D eigenvalue weighted by Gasteiger charge is 1.94. The van der Waals surface area contributed by atoms with Crippen LogP contribution in [0.25, 0.3) is 0 Å². The van der Waals surface area contributed by atoms with Crippen molar-refractivity contribution in [2.24, 2.45) is 0 Å². The molecule has 0 aliphatic carbocycles. The average molecular weight is 131 g/mol. The lowest BCUT2D eigenvalue weighted by Gasteiger charge is -1.90. The molecule has 2 heteroatoms. The van der Waals surface area contributed by atoms with E-state index >= 15 is 0 Å². The molecule has 0 rings (SSSR count). The summed E-state index contributed by atoms with van der Waals surface area (Å²) in [7, 11) is 0. The Balaban J connectivity index is 2.99. The van der Waals surface area contributed by atoms with Crippen molar-refractivity contribution in [1.29, 1.82) is 0 Å². The van der Waals surface area contributed by atoms with Crippen LogP contribution in [-0.4, -0.2) is 10.9 Å². The third kappa shape index (κ3) is 4.19. The molecule has 0 aliphatic heterocycles. The van der Waals surface area contributed by atoms with Crippen LogP contribution in [0.2, 0.25) is 0 Å². The largest absolute Gasteiger partial charge is 0.287 e. The second-order valence-corrected chi connectivity index (χ2v) is 2.58. The number of thioether (sulfide) groups is 1. The molecule has 0 bridgehead atoms. The van der Waals surface area contributed by atoms with E-state index in [4.69, 9.17) is 0 Å². The summed E-state index contributed by atoms with van der Waals surface area (Å²) in [6.45, 7) is 5.49. The van der Waals surface area contributed by atoms with Gasteiger partial charge in [0.25, 0.3) is 0 Å². The minimum absolute atomic E-state index is 0.272. The lowest BCUT2D eigenvalue weighted by Crippen LogP contribution is -1.88. The summed E-state index contributed by atoms with van der Waals surface area (Å²) in [5.74, 6) is 0.868. The van der Waals surface area contributed by atoms with Gasteiger partial charge in [0.15, 0.2) is 5.12 Å². The van der Waals surface area contributed by atoms with Crippen molar-refractivity contribution < 1.29 is 4.79 Å². The van der Waals surface area contributed by atoms with Gasteiger partial charge < -0.3 is 0 Å². The maximum absolute atomic E-state index is 10.5. The minimum Gasteiger partial charge on any atom is -0.287 e. The monoisotopic (exact) mass is 131 g/mol. The molecular weight excluding hydrogens is 120 g/mol. The molecule has 0 aromatic carbocycles. The number of rotatable bonds is 3. The zero-order valence-corrected chi connectivity index (χ0v) is 5.96. The van der Waals surface area contributed by atoms with Crippen LogP contribution in [0.4, 0.5) is 0 Å². The maximum Gasteiger partial charge on any atom is 0.188 e. The van der Waals surface area contributed by atoms with Gasteiger partial charge in [0.2, 0.25) is 0 Å². The van der Waals surface area contributed by atoms with Crippen molar-refractivity contribution in [3.63, 3.8) is 0 Å². The van der Waals surface area contributed by atoms with Gasteiger partial charge in [0.1, 0.15) is 0 Å². The number of hydrogen-bond acceptors (Lipinski definition) is 2. The summed E-state index contributed by atoms with van der Waals surface area (Å²) in [5.41, 5.74) is 0. The minimum atomic E-state index is 0.272. The van der Waals surface area contributed by atoms with Gasteiger partial charge >= 0.3 is 0 Å². The molecule has 0 spiro atoms. The highest BCUT2D eigenvalue weighted by Crippen LogP contribution is 2.04. The first-order valence-corrected chi connectivity index (χ1v) is 3.74. The molecule has 0 unspecified atom stereocenters. The fourth-order valence-electron chi connectivity index (χ4n) is 0.288. The quantitative estimate of drug-likeness (QED) is 0.581. The van der Waals surface area contributed by atoms with Crippen LogP contribution in [0.5, 0.6) is 0 Å². The molecule has 0 amide bonds. The van der Waals surface area contributed by atoms with Crippen molar-refractivity contribution in [3.8, 4) is 0 Å². The topological polar surface area (TPSA) is 17.1 Å². The van der Waals surface area contributed by atoms with Gasteiger partial charge in [0, 0.05) is 12.2 Å². The van der Waals surface area contributed by atoms with E-state index < -0.39 is 0 Å². The Morgan fingerprint density at radius 1 is 1.75 bits per heavy atom. The van der Waals surface area contributed by atoms with Gasteiger partial charge in [-0.2, -0.15) is 0 Å². The molecule has 0 saturated heterocycles. The Bertz CT molecular complexity index is 70.9. The van der Waals surface area contributed by atoms with Crippen LogP contribution in [0.3, 0.4) is 0 Å². The van der Waals surface area contributed by atoms with Crippen LogP contribution in [0.15, 0.2) is 0 Å². The molecular formula is C6H11OS. The fourth-order valence-corrected chi connectivity index (χ4v) is 0.864. The molecule has 8 heavy (non-hydrogen) atoms. The summed E-state index contributed by atoms with van der Waals surface area (Å²) >= 11 is 1.37. The molecule has 47 valence electrons.